The molecule has 1 unspecified atom stereocenters. The molecule has 1 N–H and O–H groups in total. The van der Waals surface area contributed by atoms with Crippen LogP contribution in [-0.2, 0) is 13.0 Å². The molecule has 0 radical (unpaired) electrons. The molecule has 0 bridgehead atoms. The van der Waals surface area contributed by atoms with E-state index in [1.54, 1.807) is 0 Å². The summed E-state index contributed by atoms with van der Waals surface area (Å²) in [5.74, 6) is 3.68. The molecule has 2 rings (SSSR count). The number of hydrogen-bond donors (Lipinski definition) is 1. The first-order valence-corrected chi connectivity index (χ1v) is 9.41. The smallest absolute Gasteiger partial charge is 0.129 e. The lowest BCUT2D eigenvalue weighted by Crippen LogP contribution is -2.32. The van der Waals surface area contributed by atoms with Crippen LogP contribution < -0.4 is 10.2 Å². The highest BCUT2D eigenvalue weighted by Gasteiger charge is 2.21. The highest BCUT2D eigenvalue weighted by atomic mass is 32.2. The van der Waals surface area contributed by atoms with Crippen LogP contribution in [0.15, 0.2) is 12.1 Å². The minimum Gasteiger partial charge on any atom is -0.356 e. The molecule has 2 heterocycles. The summed E-state index contributed by atoms with van der Waals surface area (Å²) in [5.41, 5.74) is 2.61. The fourth-order valence-corrected chi connectivity index (χ4v) is 3.99. The van der Waals surface area contributed by atoms with Gasteiger partial charge in [0.1, 0.15) is 5.82 Å². The van der Waals surface area contributed by atoms with Crippen molar-refractivity contribution in [1.29, 1.82) is 0 Å². The Labute approximate surface area is 133 Å². The van der Waals surface area contributed by atoms with Crippen molar-refractivity contribution in [1.82, 2.24) is 10.3 Å². The predicted octanol–water partition coefficient (Wildman–Crippen LogP) is 3.48. The Morgan fingerprint density at radius 2 is 2.19 bits per heavy atom. The fraction of sp³-hybridized carbons (Fsp3) is 0.706. The number of pyridine rings is 1. The van der Waals surface area contributed by atoms with Crippen LogP contribution in [0.1, 0.15) is 44.4 Å². The van der Waals surface area contributed by atoms with Gasteiger partial charge in [-0.25, -0.2) is 4.98 Å². The maximum absolute atomic E-state index is 4.88. The molecule has 1 atom stereocenters. The Morgan fingerprint density at radius 3 is 2.86 bits per heavy atom. The van der Waals surface area contributed by atoms with Gasteiger partial charge in [0.15, 0.2) is 0 Å². The Kier molecular flexibility index (Phi) is 6.84. The van der Waals surface area contributed by atoms with E-state index in [0.29, 0.717) is 6.04 Å². The monoisotopic (exact) mass is 307 g/mol. The first-order chi connectivity index (χ1) is 10.2. The number of nitrogens with zero attached hydrogens (tertiary/aromatic N) is 2. The van der Waals surface area contributed by atoms with Crippen molar-refractivity contribution < 1.29 is 0 Å². The van der Waals surface area contributed by atoms with E-state index in [1.165, 1.54) is 35.6 Å². The van der Waals surface area contributed by atoms with Crippen molar-refractivity contribution in [2.75, 3.05) is 30.0 Å². The lowest BCUT2D eigenvalue weighted by Gasteiger charge is -2.26. The van der Waals surface area contributed by atoms with E-state index in [9.17, 15) is 0 Å². The van der Waals surface area contributed by atoms with E-state index in [-0.39, 0.29) is 0 Å². The van der Waals surface area contributed by atoms with E-state index in [2.05, 4.69) is 55.0 Å². The summed E-state index contributed by atoms with van der Waals surface area (Å²) in [6, 6.07) is 5.19. The summed E-state index contributed by atoms with van der Waals surface area (Å²) < 4.78 is 0. The molecule has 0 saturated carbocycles. The Balaban J connectivity index is 2.13. The molecule has 4 heteroatoms. The fourth-order valence-electron chi connectivity index (χ4n) is 2.72. The van der Waals surface area contributed by atoms with Crippen LogP contribution in [-0.4, -0.2) is 36.1 Å². The van der Waals surface area contributed by atoms with Gasteiger partial charge in [0.2, 0.25) is 0 Å². The van der Waals surface area contributed by atoms with E-state index >= 15 is 0 Å². The molecule has 0 spiro atoms. The molecule has 1 fully saturated rings. The van der Waals surface area contributed by atoms with E-state index in [1.807, 2.05) is 0 Å². The number of anilines is 1. The maximum atomic E-state index is 4.88. The van der Waals surface area contributed by atoms with Gasteiger partial charge in [-0.1, -0.05) is 20.3 Å². The zero-order valence-corrected chi connectivity index (χ0v) is 14.5. The average Bonchev–Trinajstić information content (AvgIpc) is 3.01. The third-order valence-corrected chi connectivity index (χ3v) is 5.15. The first-order valence-electron chi connectivity index (χ1n) is 8.25. The molecule has 0 aromatic carbocycles. The largest absolute Gasteiger partial charge is 0.356 e. The third kappa shape index (κ3) is 4.89. The molecule has 21 heavy (non-hydrogen) atoms. The van der Waals surface area contributed by atoms with Gasteiger partial charge < -0.3 is 10.2 Å². The van der Waals surface area contributed by atoms with Crippen LogP contribution in [0.25, 0.3) is 0 Å². The molecule has 118 valence electrons. The minimum atomic E-state index is 0.649. The molecule has 0 aliphatic carbocycles. The van der Waals surface area contributed by atoms with Crippen LogP contribution in [0.3, 0.4) is 0 Å². The Morgan fingerprint density at radius 1 is 1.33 bits per heavy atom. The zero-order chi connectivity index (χ0) is 15.1. The van der Waals surface area contributed by atoms with Crippen LogP contribution in [0.4, 0.5) is 5.82 Å². The van der Waals surface area contributed by atoms with Crippen molar-refractivity contribution in [2.24, 2.45) is 0 Å². The predicted molar refractivity (Wildman–Crippen MR) is 94.4 cm³/mol. The van der Waals surface area contributed by atoms with Gasteiger partial charge in [-0.15, -0.1) is 0 Å². The van der Waals surface area contributed by atoms with E-state index < -0.39 is 0 Å². The Bertz CT molecular complexity index is 430. The van der Waals surface area contributed by atoms with Crippen LogP contribution >= 0.6 is 11.8 Å². The van der Waals surface area contributed by atoms with Gasteiger partial charge in [0.05, 0.1) is 0 Å². The standard InChI is InChI=1S/C17H29N3S/c1-4-6-15-10-14(12-18-8-5-2)11-17(19-15)20(3)16-7-9-21-13-16/h10-11,16,18H,4-9,12-13H2,1-3H3. The lowest BCUT2D eigenvalue weighted by molar-refractivity contribution is 0.667. The zero-order valence-electron chi connectivity index (χ0n) is 13.7. The molecule has 1 aliphatic rings. The SMILES string of the molecule is CCCNCc1cc(CCC)nc(N(C)C2CCSC2)c1. The minimum absolute atomic E-state index is 0.649. The second-order valence-corrected chi connectivity index (χ2v) is 7.03. The average molecular weight is 308 g/mol. The van der Waals surface area contributed by atoms with Gasteiger partial charge in [0, 0.05) is 31.1 Å². The van der Waals surface area contributed by atoms with Crippen molar-refractivity contribution >= 4 is 17.6 Å². The summed E-state index contributed by atoms with van der Waals surface area (Å²) in [6.45, 7) is 6.46. The molecular weight excluding hydrogens is 278 g/mol. The van der Waals surface area contributed by atoms with Crippen molar-refractivity contribution in [3.05, 3.63) is 23.4 Å². The van der Waals surface area contributed by atoms with Crippen LogP contribution in [0.2, 0.25) is 0 Å². The molecular formula is C17H29N3S. The number of thioether (sulfide) groups is 1. The van der Waals surface area contributed by atoms with Gasteiger partial charge in [-0.3, -0.25) is 0 Å². The molecule has 1 aromatic rings. The molecule has 1 aliphatic heterocycles. The highest BCUT2D eigenvalue weighted by molar-refractivity contribution is 7.99. The first kappa shape index (κ1) is 16.6. The van der Waals surface area contributed by atoms with Crippen molar-refractivity contribution in [2.45, 2.75) is 52.1 Å². The number of aryl methyl sites for hydroxylation is 1. The lowest BCUT2D eigenvalue weighted by atomic mass is 10.1. The van der Waals surface area contributed by atoms with E-state index in [0.717, 1.165) is 31.7 Å². The molecule has 3 nitrogen and oxygen atoms in total. The summed E-state index contributed by atoms with van der Waals surface area (Å²) in [4.78, 5) is 7.28. The number of rotatable bonds is 8. The van der Waals surface area contributed by atoms with Crippen molar-refractivity contribution in [3.63, 3.8) is 0 Å². The van der Waals surface area contributed by atoms with Crippen molar-refractivity contribution in [3.8, 4) is 0 Å². The van der Waals surface area contributed by atoms with Gasteiger partial charge in [0.25, 0.3) is 0 Å². The number of hydrogen-bond acceptors (Lipinski definition) is 4. The number of aromatic nitrogens is 1. The maximum Gasteiger partial charge on any atom is 0.129 e. The summed E-state index contributed by atoms with van der Waals surface area (Å²) in [6.07, 6.45) is 4.69. The Hall–Kier alpha value is -0.740. The quantitative estimate of drug-likeness (QED) is 0.744. The topological polar surface area (TPSA) is 28.2 Å². The number of nitrogens with one attached hydrogen (secondary N) is 1. The third-order valence-electron chi connectivity index (χ3n) is 4.00. The van der Waals surface area contributed by atoms with E-state index in [4.69, 9.17) is 4.98 Å². The van der Waals surface area contributed by atoms with Gasteiger partial charge in [-0.05, 0) is 49.3 Å². The summed E-state index contributed by atoms with van der Waals surface area (Å²) in [5, 5.41) is 3.51. The molecule has 1 saturated heterocycles. The van der Waals surface area contributed by atoms with Crippen LogP contribution in [0, 0.1) is 0 Å². The van der Waals surface area contributed by atoms with Crippen LogP contribution in [0.5, 0.6) is 0 Å². The molecule has 1 aromatic heterocycles. The van der Waals surface area contributed by atoms with Gasteiger partial charge >= 0.3 is 0 Å². The highest BCUT2D eigenvalue weighted by Crippen LogP contribution is 2.25. The summed E-state index contributed by atoms with van der Waals surface area (Å²) >= 11 is 2.06. The second kappa shape index (κ2) is 8.64. The normalized spacial score (nSPS) is 18.1. The van der Waals surface area contributed by atoms with Gasteiger partial charge in [-0.2, -0.15) is 11.8 Å². The second-order valence-electron chi connectivity index (χ2n) is 5.88. The molecule has 0 amide bonds. The summed E-state index contributed by atoms with van der Waals surface area (Å²) in [7, 11) is 2.21.